The van der Waals surface area contributed by atoms with Gasteiger partial charge in [-0.1, -0.05) is 19.1 Å². The molecule has 0 saturated carbocycles. The molecule has 0 saturated heterocycles. The van der Waals surface area contributed by atoms with Gasteiger partial charge in [0.15, 0.2) is 5.78 Å². The minimum Gasteiger partial charge on any atom is -0.393 e. The van der Waals surface area contributed by atoms with Crippen LogP contribution in [0.3, 0.4) is 0 Å². The molecule has 5 heteroatoms. The van der Waals surface area contributed by atoms with Gasteiger partial charge in [0.2, 0.25) is 0 Å². The van der Waals surface area contributed by atoms with E-state index in [2.05, 4.69) is 6.07 Å². The molecule has 0 fully saturated rings. The summed E-state index contributed by atoms with van der Waals surface area (Å²) in [5.74, 6) is 0.0128. The lowest BCUT2D eigenvalue weighted by Crippen LogP contribution is -2.15. The zero-order valence-electron chi connectivity index (χ0n) is 15.3. The van der Waals surface area contributed by atoms with Crippen LogP contribution in [0.1, 0.15) is 68.2 Å². The van der Waals surface area contributed by atoms with Crippen LogP contribution in [0.5, 0.6) is 0 Å². The average molecular weight is 339 g/mol. The molecular formula is C20H25N3O2. The van der Waals surface area contributed by atoms with Crippen molar-refractivity contribution in [3.63, 3.8) is 0 Å². The third-order valence-electron chi connectivity index (χ3n) is 4.19. The zero-order chi connectivity index (χ0) is 18.6. The van der Waals surface area contributed by atoms with Gasteiger partial charge >= 0.3 is 0 Å². The number of hydrogen-bond acceptors (Lipinski definition) is 4. The SMILES string of the molecule is CCc1c(-c2ccc(C#N)cc2)nn(C(C)C)c1C(=O)CC[C@H](C)O. The van der Waals surface area contributed by atoms with Gasteiger partial charge in [-0.3, -0.25) is 9.48 Å². The lowest BCUT2D eigenvalue weighted by molar-refractivity contribution is 0.0936. The molecule has 132 valence electrons. The van der Waals surface area contributed by atoms with Crippen molar-refractivity contribution in [2.45, 2.75) is 59.1 Å². The number of nitriles is 1. The molecule has 0 aliphatic carbocycles. The Hall–Kier alpha value is -2.45. The van der Waals surface area contributed by atoms with Crippen molar-refractivity contribution in [1.29, 1.82) is 5.26 Å². The van der Waals surface area contributed by atoms with E-state index in [1.54, 1.807) is 23.7 Å². The normalized spacial score (nSPS) is 12.2. The number of aromatic nitrogens is 2. The largest absolute Gasteiger partial charge is 0.393 e. The van der Waals surface area contributed by atoms with Gasteiger partial charge in [-0.2, -0.15) is 10.4 Å². The molecule has 0 aliphatic rings. The van der Waals surface area contributed by atoms with Crippen molar-refractivity contribution < 1.29 is 9.90 Å². The highest BCUT2D eigenvalue weighted by molar-refractivity contribution is 5.97. The molecule has 2 aromatic rings. The second kappa shape index (κ2) is 8.09. The van der Waals surface area contributed by atoms with Crippen LogP contribution in [0.4, 0.5) is 0 Å². The summed E-state index contributed by atoms with van der Waals surface area (Å²) in [4.78, 5) is 12.8. The number of carbonyl (C=O) groups is 1. The molecule has 0 aliphatic heterocycles. The fraction of sp³-hybridized carbons (Fsp3) is 0.450. The van der Waals surface area contributed by atoms with Gasteiger partial charge in [0.25, 0.3) is 0 Å². The number of aliphatic hydroxyl groups excluding tert-OH is 1. The summed E-state index contributed by atoms with van der Waals surface area (Å²) in [6, 6.07) is 9.43. The average Bonchev–Trinajstić information content (AvgIpc) is 2.99. The number of Topliss-reactive ketones (excluding diaryl/α,β-unsaturated/α-hetero) is 1. The second-order valence-corrected chi connectivity index (χ2v) is 6.57. The molecule has 0 amide bonds. The van der Waals surface area contributed by atoms with Crippen molar-refractivity contribution in [2.24, 2.45) is 0 Å². The Labute approximate surface area is 148 Å². The molecule has 2 rings (SSSR count). The first-order valence-corrected chi connectivity index (χ1v) is 8.72. The van der Waals surface area contributed by atoms with Crippen LogP contribution in [-0.2, 0) is 6.42 Å². The number of nitrogens with zero attached hydrogens (tertiary/aromatic N) is 3. The molecule has 1 atom stereocenters. The van der Waals surface area contributed by atoms with Crippen molar-refractivity contribution in [3.05, 3.63) is 41.1 Å². The van der Waals surface area contributed by atoms with E-state index < -0.39 is 6.10 Å². The zero-order valence-corrected chi connectivity index (χ0v) is 15.3. The van der Waals surface area contributed by atoms with Crippen molar-refractivity contribution in [3.8, 4) is 17.3 Å². The summed E-state index contributed by atoms with van der Waals surface area (Å²) in [6.45, 7) is 7.71. The monoisotopic (exact) mass is 339 g/mol. The van der Waals surface area contributed by atoms with Crippen molar-refractivity contribution in [2.75, 3.05) is 0 Å². The molecule has 0 bridgehead atoms. The smallest absolute Gasteiger partial charge is 0.181 e. The molecule has 1 aromatic heterocycles. The van der Waals surface area contributed by atoms with Crippen LogP contribution in [0.15, 0.2) is 24.3 Å². The van der Waals surface area contributed by atoms with Gasteiger partial charge in [0.05, 0.1) is 23.4 Å². The topological polar surface area (TPSA) is 78.9 Å². The van der Waals surface area contributed by atoms with Crippen LogP contribution in [0.25, 0.3) is 11.3 Å². The van der Waals surface area contributed by atoms with Gasteiger partial charge in [0, 0.05) is 23.6 Å². The highest BCUT2D eigenvalue weighted by atomic mass is 16.3. The molecule has 5 nitrogen and oxygen atoms in total. The van der Waals surface area contributed by atoms with Gasteiger partial charge in [-0.05, 0) is 45.7 Å². The minimum absolute atomic E-state index is 0.0128. The van der Waals surface area contributed by atoms with Crippen LogP contribution in [-0.4, -0.2) is 26.8 Å². The summed E-state index contributed by atoms with van der Waals surface area (Å²) >= 11 is 0. The van der Waals surface area contributed by atoms with E-state index in [-0.39, 0.29) is 11.8 Å². The molecular weight excluding hydrogens is 314 g/mol. The standard InChI is InChI=1S/C20H25N3O2/c1-5-17-19(16-9-7-15(12-21)8-10-16)22-23(13(2)3)20(17)18(25)11-6-14(4)24/h7-10,13-14,24H,5-6,11H2,1-4H3/t14-/m0/s1. The van der Waals surface area contributed by atoms with Crippen LogP contribution < -0.4 is 0 Å². The van der Waals surface area contributed by atoms with Gasteiger partial charge in [-0.25, -0.2) is 0 Å². The number of hydrogen-bond donors (Lipinski definition) is 1. The summed E-state index contributed by atoms with van der Waals surface area (Å²) in [5, 5.41) is 23.2. The molecule has 0 radical (unpaired) electrons. The quantitative estimate of drug-likeness (QED) is 0.776. The highest BCUT2D eigenvalue weighted by Gasteiger charge is 2.24. The van der Waals surface area contributed by atoms with E-state index in [4.69, 9.17) is 10.4 Å². The maximum absolute atomic E-state index is 12.8. The van der Waals surface area contributed by atoms with E-state index in [1.165, 1.54) is 0 Å². The Kier molecular flexibility index (Phi) is 6.11. The molecule has 0 unspecified atom stereocenters. The fourth-order valence-electron chi connectivity index (χ4n) is 2.87. The lowest BCUT2D eigenvalue weighted by Gasteiger charge is -2.12. The van der Waals surface area contributed by atoms with Gasteiger partial charge in [-0.15, -0.1) is 0 Å². The third-order valence-corrected chi connectivity index (χ3v) is 4.19. The Balaban J connectivity index is 2.53. The highest BCUT2D eigenvalue weighted by Crippen LogP contribution is 2.29. The Morgan fingerprint density at radius 2 is 1.92 bits per heavy atom. The summed E-state index contributed by atoms with van der Waals surface area (Å²) < 4.78 is 1.79. The van der Waals surface area contributed by atoms with E-state index in [1.807, 2.05) is 32.9 Å². The number of ketones is 1. The Morgan fingerprint density at radius 3 is 2.40 bits per heavy atom. The van der Waals surface area contributed by atoms with E-state index in [0.717, 1.165) is 16.8 Å². The molecule has 0 spiro atoms. The van der Waals surface area contributed by atoms with Gasteiger partial charge < -0.3 is 5.11 Å². The maximum atomic E-state index is 12.8. The first-order valence-electron chi connectivity index (χ1n) is 8.72. The summed E-state index contributed by atoms with van der Waals surface area (Å²) in [5.41, 5.74) is 3.85. The second-order valence-electron chi connectivity index (χ2n) is 6.57. The van der Waals surface area contributed by atoms with Crippen LogP contribution in [0, 0.1) is 11.3 Å². The molecule has 1 heterocycles. The van der Waals surface area contributed by atoms with Crippen LogP contribution in [0.2, 0.25) is 0 Å². The first kappa shape index (κ1) is 18.9. The number of aliphatic hydroxyl groups is 1. The molecule has 1 N–H and O–H groups in total. The minimum atomic E-state index is -0.498. The third kappa shape index (κ3) is 4.15. The number of carbonyl (C=O) groups excluding carboxylic acids is 1. The Bertz CT molecular complexity index is 781. The fourth-order valence-corrected chi connectivity index (χ4v) is 2.87. The number of rotatable bonds is 7. The number of benzene rings is 1. The predicted octanol–water partition coefficient (Wildman–Crippen LogP) is 3.91. The van der Waals surface area contributed by atoms with E-state index in [0.29, 0.717) is 30.5 Å². The first-order chi connectivity index (χ1) is 11.9. The van der Waals surface area contributed by atoms with E-state index >= 15 is 0 Å². The predicted molar refractivity (Wildman–Crippen MR) is 97.4 cm³/mol. The van der Waals surface area contributed by atoms with Crippen molar-refractivity contribution >= 4 is 5.78 Å². The lowest BCUT2D eigenvalue weighted by atomic mass is 9.99. The summed E-state index contributed by atoms with van der Waals surface area (Å²) in [6.07, 6.45) is 0.938. The summed E-state index contributed by atoms with van der Waals surface area (Å²) in [7, 11) is 0. The van der Waals surface area contributed by atoms with Crippen LogP contribution >= 0.6 is 0 Å². The van der Waals surface area contributed by atoms with Crippen molar-refractivity contribution in [1.82, 2.24) is 9.78 Å². The Morgan fingerprint density at radius 1 is 1.28 bits per heavy atom. The van der Waals surface area contributed by atoms with E-state index in [9.17, 15) is 9.90 Å². The molecule has 25 heavy (non-hydrogen) atoms. The van der Waals surface area contributed by atoms with Gasteiger partial charge in [0.1, 0.15) is 5.69 Å². The molecule has 1 aromatic carbocycles. The maximum Gasteiger partial charge on any atom is 0.181 e.